The molecule has 7 heteroatoms. The molecule has 1 saturated heterocycles. The number of carbonyl (C=O) groups excluding carboxylic acids is 2. The van der Waals surface area contributed by atoms with Crippen molar-refractivity contribution in [2.45, 2.75) is 30.9 Å². The lowest BCUT2D eigenvalue weighted by Crippen LogP contribution is -2.57. The van der Waals surface area contributed by atoms with Crippen LogP contribution in [0.2, 0.25) is 0 Å². The predicted molar refractivity (Wildman–Crippen MR) is 84.6 cm³/mol. The van der Waals surface area contributed by atoms with Gasteiger partial charge in [0, 0.05) is 19.5 Å². The van der Waals surface area contributed by atoms with Crippen LogP contribution in [0.25, 0.3) is 0 Å². The van der Waals surface area contributed by atoms with Crippen molar-refractivity contribution in [3.63, 3.8) is 0 Å². The van der Waals surface area contributed by atoms with Gasteiger partial charge in [0.05, 0.1) is 0 Å². The molecule has 1 aromatic carbocycles. The fourth-order valence-corrected chi connectivity index (χ4v) is 2.60. The van der Waals surface area contributed by atoms with Gasteiger partial charge in [0.2, 0.25) is 5.91 Å². The van der Waals surface area contributed by atoms with Gasteiger partial charge in [0.25, 0.3) is 5.91 Å². The quantitative estimate of drug-likeness (QED) is 0.576. The molecule has 0 saturated carbocycles. The maximum absolute atomic E-state index is 12.4. The van der Waals surface area contributed by atoms with Gasteiger partial charge in [-0.2, -0.15) is 0 Å². The number of phenolic OH excluding ortho intramolecular Hbond substituents is 1. The summed E-state index contributed by atoms with van der Waals surface area (Å²) in [6.07, 6.45) is 0.845. The third-order valence-electron chi connectivity index (χ3n) is 4.26. The van der Waals surface area contributed by atoms with Crippen molar-refractivity contribution < 1.29 is 19.8 Å². The maximum atomic E-state index is 12.4. The lowest BCUT2D eigenvalue weighted by Gasteiger charge is -2.36. The second-order valence-electron chi connectivity index (χ2n) is 6.13. The normalized spacial score (nSPS) is 19.0. The molecule has 126 valence electrons. The monoisotopic (exact) mass is 321 g/mol. The molecule has 1 aliphatic heterocycles. The largest absolute Gasteiger partial charge is 0.508 e. The maximum Gasteiger partial charge on any atom is 0.252 e. The summed E-state index contributed by atoms with van der Waals surface area (Å²) in [5.74, 6) is -1.11. The van der Waals surface area contributed by atoms with E-state index in [1.54, 1.807) is 12.1 Å². The Morgan fingerprint density at radius 3 is 2.39 bits per heavy atom. The summed E-state index contributed by atoms with van der Waals surface area (Å²) < 4.78 is 0. The molecule has 1 aliphatic rings. The first-order valence-electron chi connectivity index (χ1n) is 7.59. The van der Waals surface area contributed by atoms with Crippen LogP contribution in [0.4, 0.5) is 0 Å². The topological polar surface area (TPSA) is 116 Å². The van der Waals surface area contributed by atoms with Crippen LogP contribution in [0.1, 0.15) is 18.4 Å². The third kappa shape index (κ3) is 4.43. The van der Waals surface area contributed by atoms with Gasteiger partial charge in [-0.3, -0.25) is 9.59 Å². The molecule has 1 fully saturated rings. The molecule has 1 atom stereocenters. The first-order valence-corrected chi connectivity index (χ1v) is 7.59. The van der Waals surface area contributed by atoms with Crippen LogP contribution < -0.4 is 11.1 Å². The van der Waals surface area contributed by atoms with Crippen LogP contribution in [-0.2, 0) is 16.0 Å². The number of aliphatic hydroxyl groups is 1. The average Bonchev–Trinajstić information content (AvgIpc) is 2.51. The van der Waals surface area contributed by atoms with E-state index in [1.807, 2.05) is 11.9 Å². The van der Waals surface area contributed by atoms with E-state index in [1.165, 1.54) is 12.1 Å². The number of aromatic hydroxyl groups is 1. The van der Waals surface area contributed by atoms with Crippen LogP contribution in [0.15, 0.2) is 24.3 Å². The van der Waals surface area contributed by atoms with E-state index in [2.05, 4.69) is 5.32 Å². The number of nitrogens with one attached hydrogen (secondary N) is 1. The van der Waals surface area contributed by atoms with Crippen molar-refractivity contribution in [3.8, 4) is 5.75 Å². The summed E-state index contributed by atoms with van der Waals surface area (Å²) in [4.78, 5) is 26.0. The van der Waals surface area contributed by atoms with Gasteiger partial charge >= 0.3 is 0 Å². The zero-order valence-corrected chi connectivity index (χ0v) is 13.2. The Hall–Kier alpha value is -2.12. The van der Waals surface area contributed by atoms with Crippen LogP contribution in [0, 0.1) is 0 Å². The molecule has 2 amide bonds. The number of nitrogens with zero attached hydrogens (tertiary/aromatic N) is 1. The number of benzene rings is 1. The highest BCUT2D eigenvalue weighted by Crippen LogP contribution is 2.22. The Bertz CT molecular complexity index is 565. The van der Waals surface area contributed by atoms with Crippen molar-refractivity contribution in [1.82, 2.24) is 10.2 Å². The number of primary amides is 1. The summed E-state index contributed by atoms with van der Waals surface area (Å²) >= 11 is 0. The highest BCUT2D eigenvalue weighted by molar-refractivity contribution is 5.91. The van der Waals surface area contributed by atoms with Gasteiger partial charge < -0.3 is 26.2 Å². The summed E-state index contributed by atoms with van der Waals surface area (Å²) in [5, 5.41) is 22.3. The van der Waals surface area contributed by atoms with Crippen molar-refractivity contribution in [2.24, 2.45) is 5.73 Å². The van der Waals surface area contributed by atoms with Crippen molar-refractivity contribution in [1.29, 1.82) is 0 Å². The van der Waals surface area contributed by atoms with E-state index in [-0.39, 0.29) is 12.2 Å². The second-order valence-corrected chi connectivity index (χ2v) is 6.13. The molecule has 0 radical (unpaired) electrons. The zero-order valence-electron chi connectivity index (χ0n) is 13.2. The molecule has 5 N–H and O–H groups in total. The molecule has 2 rings (SSSR count). The average molecular weight is 321 g/mol. The van der Waals surface area contributed by atoms with E-state index in [4.69, 9.17) is 5.73 Å². The predicted octanol–water partition coefficient (Wildman–Crippen LogP) is -0.638. The van der Waals surface area contributed by atoms with Gasteiger partial charge in [-0.1, -0.05) is 12.1 Å². The first kappa shape index (κ1) is 17.2. The minimum atomic E-state index is -1.46. The first-order chi connectivity index (χ1) is 10.8. The van der Waals surface area contributed by atoms with Gasteiger partial charge in [-0.15, -0.1) is 0 Å². The van der Waals surface area contributed by atoms with E-state index >= 15 is 0 Å². The summed E-state index contributed by atoms with van der Waals surface area (Å²) in [7, 11) is 1.93. The van der Waals surface area contributed by atoms with Crippen molar-refractivity contribution in [2.75, 3.05) is 20.1 Å². The number of piperidine rings is 1. The van der Waals surface area contributed by atoms with Gasteiger partial charge in [0.1, 0.15) is 17.4 Å². The van der Waals surface area contributed by atoms with E-state index < -0.39 is 23.5 Å². The zero-order chi connectivity index (χ0) is 17.0. The van der Waals surface area contributed by atoms with Crippen LogP contribution in [0.5, 0.6) is 5.75 Å². The van der Waals surface area contributed by atoms with E-state index in [9.17, 15) is 19.8 Å². The molecule has 0 aliphatic carbocycles. The summed E-state index contributed by atoms with van der Waals surface area (Å²) in [6.45, 7) is 1.23. The Balaban J connectivity index is 2.02. The molecular formula is C16H23N3O4. The Labute approximate surface area is 135 Å². The molecule has 23 heavy (non-hydrogen) atoms. The summed E-state index contributed by atoms with van der Waals surface area (Å²) in [6, 6.07) is 5.40. The van der Waals surface area contributed by atoms with Gasteiger partial charge in [-0.05, 0) is 37.6 Å². The van der Waals surface area contributed by atoms with Crippen molar-refractivity contribution >= 4 is 11.8 Å². The number of carbonyl (C=O) groups is 2. The van der Waals surface area contributed by atoms with Gasteiger partial charge in [-0.25, -0.2) is 0 Å². The number of likely N-dealkylation sites (tertiary alicyclic amines) is 1. The molecular weight excluding hydrogens is 298 g/mol. The number of nitrogens with two attached hydrogens (primary N) is 1. The molecule has 0 bridgehead atoms. The smallest absolute Gasteiger partial charge is 0.252 e. The van der Waals surface area contributed by atoms with Crippen LogP contribution in [0.3, 0.4) is 0 Å². The van der Waals surface area contributed by atoms with Crippen molar-refractivity contribution in [3.05, 3.63) is 29.8 Å². The lowest BCUT2D eigenvalue weighted by atomic mass is 9.90. The number of amides is 2. The molecule has 0 unspecified atom stereocenters. The molecule has 0 spiro atoms. The Morgan fingerprint density at radius 1 is 1.30 bits per heavy atom. The third-order valence-corrected chi connectivity index (χ3v) is 4.26. The van der Waals surface area contributed by atoms with Crippen LogP contribution >= 0.6 is 0 Å². The fourth-order valence-electron chi connectivity index (χ4n) is 2.60. The number of phenols is 1. The second kappa shape index (κ2) is 6.97. The standard InChI is InChI=1S/C16H23N3O4/c1-19-8-6-16(23,7-9-19)15(22)18-13(14(17)21)10-11-2-4-12(20)5-3-11/h2-5,13,20,23H,6-10H2,1H3,(H2,17,21)(H,18,22)/t13-/m0/s1. The summed E-state index contributed by atoms with van der Waals surface area (Å²) in [5.41, 5.74) is 4.65. The minimum Gasteiger partial charge on any atom is -0.508 e. The molecule has 1 aromatic rings. The fraction of sp³-hybridized carbons (Fsp3) is 0.500. The number of hydrogen-bond donors (Lipinski definition) is 4. The Kier molecular flexibility index (Phi) is 5.23. The van der Waals surface area contributed by atoms with E-state index in [0.29, 0.717) is 25.9 Å². The molecule has 1 heterocycles. The molecule has 7 nitrogen and oxygen atoms in total. The van der Waals surface area contributed by atoms with E-state index in [0.717, 1.165) is 5.56 Å². The molecule has 0 aromatic heterocycles. The van der Waals surface area contributed by atoms with Crippen LogP contribution in [-0.4, -0.2) is 58.7 Å². The number of rotatable bonds is 5. The highest BCUT2D eigenvalue weighted by atomic mass is 16.3. The lowest BCUT2D eigenvalue weighted by molar-refractivity contribution is -0.146. The Morgan fingerprint density at radius 2 is 1.87 bits per heavy atom. The number of hydrogen-bond acceptors (Lipinski definition) is 5. The SMILES string of the molecule is CN1CCC(O)(C(=O)N[C@@H](Cc2ccc(O)cc2)C(N)=O)CC1. The van der Waals surface area contributed by atoms with Gasteiger partial charge in [0.15, 0.2) is 0 Å². The minimum absolute atomic E-state index is 0.119. The highest BCUT2D eigenvalue weighted by Gasteiger charge is 2.39.